The largest absolute Gasteiger partial charge is 0.378 e. The number of aryl methyl sites for hydroxylation is 1. The number of nitrogens with zero attached hydrogens (tertiary/aromatic N) is 1. The van der Waals surface area contributed by atoms with Gasteiger partial charge in [-0.15, -0.1) is 0 Å². The van der Waals surface area contributed by atoms with Crippen molar-refractivity contribution in [2.75, 3.05) is 5.32 Å². The summed E-state index contributed by atoms with van der Waals surface area (Å²) in [6.07, 6.45) is 2.28. The Balaban J connectivity index is 2.10. The number of nitriles is 1. The predicted octanol–water partition coefficient (Wildman–Crippen LogP) is 5.34. The lowest BCUT2D eigenvalue weighted by atomic mass is 10.0. The number of anilines is 1. The van der Waals surface area contributed by atoms with Gasteiger partial charge in [0.25, 0.3) is 0 Å². The highest BCUT2D eigenvalue weighted by Gasteiger charge is 2.07. The van der Waals surface area contributed by atoms with Crippen LogP contribution < -0.4 is 5.32 Å². The molecule has 0 aliphatic heterocycles. The fourth-order valence-corrected chi connectivity index (χ4v) is 2.46. The van der Waals surface area contributed by atoms with Gasteiger partial charge in [-0.1, -0.05) is 49.2 Å². The monoisotopic (exact) mass is 298 g/mol. The van der Waals surface area contributed by atoms with Gasteiger partial charge in [0.1, 0.15) is 6.07 Å². The minimum absolute atomic E-state index is 0.174. The van der Waals surface area contributed by atoms with Crippen LogP contribution in [0.4, 0.5) is 5.69 Å². The highest BCUT2D eigenvalue weighted by molar-refractivity contribution is 6.31. The van der Waals surface area contributed by atoms with Crippen molar-refractivity contribution >= 4 is 17.3 Å². The van der Waals surface area contributed by atoms with E-state index in [9.17, 15) is 0 Å². The zero-order valence-electron chi connectivity index (χ0n) is 12.4. The first-order valence-electron chi connectivity index (χ1n) is 7.19. The van der Waals surface area contributed by atoms with E-state index in [-0.39, 0.29) is 6.04 Å². The summed E-state index contributed by atoms with van der Waals surface area (Å²) in [4.78, 5) is 0. The van der Waals surface area contributed by atoms with Gasteiger partial charge < -0.3 is 5.32 Å². The van der Waals surface area contributed by atoms with Gasteiger partial charge in [-0.05, 0) is 42.7 Å². The Labute approximate surface area is 131 Å². The van der Waals surface area contributed by atoms with Crippen LogP contribution in [-0.2, 0) is 6.42 Å². The Morgan fingerprint density at radius 2 is 1.90 bits per heavy atom. The zero-order chi connectivity index (χ0) is 15.2. The van der Waals surface area contributed by atoms with Gasteiger partial charge in [0.2, 0.25) is 0 Å². The number of halogens is 1. The molecule has 3 heteroatoms. The minimum Gasteiger partial charge on any atom is -0.378 e. The molecule has 2 rings (SSSR count). The molecule has 108 valence electrons. The van der Waals surface area contributed by atoms with Crippen molar-refractivity contribution in [2.45, 2.75) is 32.7 Å². The summed E-state index contributed by atoms with van der Waals surface area (Å²) in [5, 5.41) is 12.9. The molecule has 0 aliphatic carbocycles. The average Bonchev–Trinajstić information content (AvgIpc) is 2.50. The molecule has 0 saturated carbocycles. The van der Waals surface area contributed by atoms with Gasteiger partial charge in [0.15, 0.2) is 0 Å². The van der Waals surface area contributed by atoms with Gasteiger partial charge in [-0.25, -0.2) is 0 Å². The molecular weight excluding hydrogens is 280 g/mol. The summed E-state index contributed by atoms with van der Waals surface area (Å²) in [6, 6.07) is 16.4. The Hall–Kier alpha value is -1.98. The lowest BCUT2D eigenvalue weighted by molar-refractivity contribution is 0.876. The van der Waals surface area contributed by atoms with Crippen molar-refractivity contribution in [3.05, 3.63) is 64.2 Å². The molecule has 1 atom stereocenters. The average molecular weight is 299 g/mol. The molecule has 1 N–H and O–H groups in total. The molecule has 0 bridgehead atoms. The summed E-state index contributed by atoms with van der Waals surface area (Å²) >= 11 is 5.95. The van der Waals surface area contributed by atoms with Crippen molar-refractivity contribution in [1.82, 2.24) is 0 Å². The van der Waals surface area contributed by atoms with E-state index < -0.39 is 0 Å². The number of benzene rings is 2. The smallest absolute Gasteiger partial charge is 0.101 e. The normalized spacial score (nSPS) is 11.7. The first kappa shape index (κ1) is 15.4. The van der Waals surface area contributed by atoms with E-state index in [2.05, 4.69) is 49.5 Å². The van der Waals surface area contributed by atoms with E-state index in [1.165, 1.54) is 11.1 Å². The second-order valence-corrected chi connectivity index (χ2v) is 5.57. The van der Waals surface area contributed by atoms with E-state index in [0.717, 1.165) is 18.5 Å². The molecule has 0 spiro atoms. The molecule has 0 amide bonds. The predicted molar refractivity (Wildman–Crippen MR) is 88.6 cm³/mol. The van der Waals surface area contributed by atoms with E-state index in [1.807, 2.05) is 6.07 Å². The maximum absolute atomic E-state index is 9.01. The molecule has 0 radical (unpaired) electrons. The Morgan fingerprint density at radius 3 is 2.52 bits per heavy atom. The Bertz CT molecular complexity index is 641. The highest BCUT2D eigenvalue weighted by atomic mass is 35.5. The minimum atomic E-state index is 0.174. The van der Waals surface area contributed by atoms with Crippen LogP contribution in [0.2, 0.25) is 5.02 Å². The summed E-state index contributed by atoms with van der Waals surface area (Å²) in [7, 11) is 0. The van der Waals surface area contributed by atoms with Crippen LogP contribution in [0.1, 0.15) is 43.0 Å². The molecule has 0 aliphatic rings. The van der Waals surface area contributed by atoms with Crippen LogP contribution in [0.3, 0.4) is 0 Å². The molecule has 0 heterocycles. The number of nitrogens with one attached hydrogen (secondary N) is 1. The van der Waals surface area contributed by atoms with Crippen molar-refractivity contribution < 1.29 is 0 Å². The van der Waals surface area contributed by atoms with Crippen LogP contribution >= 0.6 is 11.6 Å². The van der Waals surface area contributed by atoms with Gasteiger partial charge in [-0.3, -0.25) is 0 Å². The summed E-state index contributed by atoms with van der Waals surface area (Å²) in [5.41, 5.74) is 3.99. The van der Waals surface area contributed by atoms with Crippen molar-refractivity contribution in [2.24, 2.45) is 0 Å². The number of rotatable bonds is 5. The molecule has 1 unspecified atom stereocenters. The van der Waals surface area contributed by atoms with Gasteiger partial charge in [0.05, 0.1) is 10.6 Å². The summed E-state index contributed by atoms with van der Waals surface area (Å²) in [6.45, 7) is 4.29. The quantitative estimate of drug-likeness (QED) is 0.809. The topological polar surface area (TPSA) is 35.8 Å². The molecule has 0 aromatic heterocycles. The number of hydrogen-bond donors (Lipinski definition) is 1. The second-order valence-electron chi connectivity index (χ2n) is 5.16. The third-order valence-electron chi connectivity index (χ3n) is 3.49. The summed E-state index contributed by atoms with van der Waals surface area (Å²) in [5.74, 6) is 0. The standard InChI is InChI=1S/C18H19ClN2/c1-3-4-14-5-7-15(8-6-14)13(2)21-17-9-10-18(19)16(11-17)12-20/h5-11,13,21H,3-4H2,1-2H3. The maximum atomic E-state index is 9.01. The van der Waals surface area contributed by atoms with Crippen molar-refractivity contribution in [1.29, 1.82) is 5.26 Å². The van der Waals surface area contributed by atoms with Crippen LogP contribution in [0.25, 0.3) is 0 Å². The van der Waals surface area contributed by atoms with E-state index >= 15 is 0 Å². The first-order chi connectivity index (χ1) is 10.1. The Morgan fingerprint density at radius 1 is 1.19 bits per heavy atom. The van der Waals surface area contributed by atoms with Crippen LogP contribution in [0, 0.1) is 11.3 Å². The van der Waals surface area contributed by atoms with Crippen molar-refractivity contribution in [3.8, 4) is 6.07 Å². The number of hydrogen-bond acceptors (Lipinski definition) is 2. The van der Waals surface area contributed by atoms with Crippen LogP contribution in [-0.4, -0.2) is 0 Å². The summed E-state index contributed by atoms with van der Waals surface area (Å²) < 4.78 is 0. The maximum Gasteiger partial charge on any atom is 0.101 e. The van der Waals surface area contributed by atoms with Gasteiger partial charge >= 0.3 is 0 Å². The Kier molecular flexibility index (Phi) is 5.25. The fourth-order valence-electron chi connectivity index (χ4n) is 2.30. The molecule has 2 nitrogen and oxygen atoms in total. The van der Waals surface area contributed by atoms with Crippen LogP contribution in [0.15, 0.2) is 42.5 Å². The van der Waals surface area contributed by atoms with Crippen molar-refractivity contribution in [3.63, 3.8) is 0 Å². The SMILES string of the molecule is CCCc1ccc(C(C)Nc2ccc(Cl)c(C#N)c2)cc1. The zero-order valence-corrected chi connectivity index (χ0v) is 13.1. The van der Waals surface area contributed by atoms with E-state index in [4.69, 9.17) is 16.9 Å². The first-order valence-corrected chi connectivity index (χ1v) is 7.57. The van der Waals surface area contributed by atoms with Gasteiger partial charge in [0, 0.05) is 11.7 Å². The van der Waals surface area contributed by atoms with E-state index in [0.29, 0.717) is 10.6 Å². The molecule has 0 fully saturated rings. The van der Waals surface area contributed by atoms with Gasteiger partial charge in [-0.2, -0.15) is 5.26 Å². The lowest BCUT2D eigenvalue weighted by Gasteiger charge is -2.16. The second kappa shape index (κ2) is 7.15. The molecule has 21 heavy (non-hydrogen) atoms. The lowest BCUT2D eigenvalue weighted by Crippen LogP contribution is -2.06. The highest BCUT2D eigenvalue weighted by Crippen LogP contribution is 2.24. The van der Waals surface area contributed by atoms with E-state index in [1.54, 1.807) is 12.1 Å². The van der Waals surface area contributed by atoms with Crippen LogP contribution in [0.5, 0.6) is 0 Å². The third kappa shape index (κ3) is 4.00. The molecule has 2 aromatic carbocycles. The molecular formula is C18H19ClN2. The molecule has 2 aromatic rings. The fraction of sp³-hybridized carbons (Fsp3) is 0.278. The molecule has 0 saturated heterocycles. The third-order valence-corrected chi connectivity index (χ3v) is 3.82.